The van der Waals surface area contributed by atoms with Crippen LogP contribution in [-0.4, -0.2) is 35.3 Å². The molecule has 0 aliphatic rings. The molecule has 1 aromatic rings. The predicted octanol–water partition coefficient (Wildman–Crippen LogP) is 1.77. The smallest absolute Gasteiger partial charge is 0.245 e. The average Bonchev–Trinajstić information content (AvgIpc) is 2.35. The maximum atomic E-state index is 12.8. The number of nitrogens with two attached hydrogens (primary N) is 1. The van der Waals surface area contributed by atoms with Crippen LogP contribution in [-0.2, 0) is 10.0 Å². The van der Waals surface area contributed by atoms with Crippen LogP contribution >= 0.6 is 12.2 Å². The summed E-state index contributed by atoms with van der Waals surface area (Å²) in [5.41, 5.74) is 5.72. The van der Waals surface area contributed by atoms with E-state index in [0.29, 0.717) is 6.54 Å². The van der Waals surface area contributed by atoms with Crippen molar-refractivity contribution >= 4 is 27.2 Å². The summed E-state index contributed by atoms with van der Waals surface area (Å²) in [5, 5.41) is 0. The van der Waals surface area contributed by atoms with Crippen molar-refractivity contribution in [3.8, 4) is 0 Å². The van der Waals surface area contributed by atoms with Gasteiger partial charge in [-0.3, -0.25) is 4.98 Å². The largest absolute Gasteiger partial charge is 0.388 e. The van der Waals surface area contributed by atoms with E-state index in [1.165, 1.54) is 16.6 Å². The summed E-state index contributed by atoms with van der Waals surface area (Å²) in [7, 11) is -3.67. The Kier molecular flexibility index (Phi) is 5.61. The zero-order valence-electron chi connectivity index (χ0n) is 12.2. The molecule has 0 atom stereocenters. The zero-order valence-corrected chi connectivity index (χ0v) is 13.8. The van der Waals surface area contributed by atoms with Crippen molar-refractivity contribution in [2.24, 2.45) is 11.7 Å². The van der Waals surface area contributed by atoms with Crippen molar-refractivity contribution in [2.75, 3.05) is 6.54 Å². The number of aromatic nitrogens is 1. The molecule has 2 N–H and O–H groups in total. The van der Waals surface area contributed by atoms with Crippen LogP contribution in [0, 0.1) is 5.92 Å². The minimum absolute atomic E-state index is 0.0163. The molecule has 20 heavy (non-hydrogen) atoms. The maximum Gasteiger partial charge on any atom is 0.245 e. The maximum absolute atomic E-state index is 12.8. The highest BCUT2D eigenvalue weighted by Gasteiger charge is 2.30. The van der Waals surface area contributed by atoms with Gasteiger partial charge in [0.05, 0.1) is 0 Å². The van der Waals surface area contributed by atoms with Crippen molar-refractivity contribution in [3.05, 3.63) is 24.0 Å². The molecule has 0 aromatic carbocycles. The van der Waals surface area contributed by atoms with E-state index in [-0.39, 0.29) is 27.5 Å². The molecule has 112 valence electrons. The van der Waals surface area contributed by atoms with Crippen molar-refractivity contribution in [1.82, 2.24) is 9.29 Å². The number of nitrogens with zero attached hydrogens (tertiary/aromatic N) is 2. The minimum Gasteiger partial charge on any atom is -0.388 e. The number of rotatable bonds is 6. The third-order valence-electron chi connectivity index (χ3n) is 2.71. The van der Waals surface area contributed by atoms with Crippen molar-refractivity contribution < 1.29 is 8.42 Å². The van der Waals surface area contributed by atoms with E-state index >= 15 is 0 Å². The summed E-state index contributed by atoms with van der Waals surface area (Å²) in [6.45, 7) is 8.07. The molecule has 0 aliphatic heterocycles. The summed E-state index contributed by atoms with van der Waals surface area (Å²) in [6.07, 6.45) is 1.48. The van der Waals surface area contributed by atoms with Crippen molar-refractivity contribution in [2.45, 2.75) is 38.6 Å². The monoisotopic (exact) mass is 315 g/mol. The lowest BCUT2D eigenvalue weighted by atomic mass is 10.2. The molecule has 0 spiro atoms. The first-order chi connectivity index (χ1) is 9.17. The van der Waals surface area contributed by atoms with E-state index in [1.807, 2.05) is 27.7 Å². The molecule has 0 unspecified atom stereocenters. The standard InChI is InChI=1S/C13H21N3O2S2/c1-9(2)8-16(10(3)4)20(17,18)11-6-5-7-15-12(11)13(14)19/h5-7,9-10H,8H2,1-4H3,(H2,14,19). The fraction of sp³-hybridized carbons (Fsp3) is 0.538. The van der Waals surface area contributed by atoms with Gasteiger partial charge in [-0.15, -0.1) is 0 Å². The second-order valence-electron chi connectivity index (χ2n) is 5.28. The Labute approximate surface area is 126 Å². The molecule has 1 rings (SSSR count). The Hall–Kier alpha value is -1.05. The Balaban J connectivity index is 3.37. The third-order valence-corrected chi connectivity index (χ3v) is 4.98. The van der Waals surface area contributed by atoms with Gasteiger partial charge in [0.2, 0.25) is 10.0 Å². The van der Waals surface area contributed by atoms with Gasteiger partial charge in [0.25, 0.3) is 0 Å². The summed E-state index contributed by atoms with van der Waals surface area (Å²) in [6, 6.07) is 2.91. The van der Waals surface area contributed by atoms with Gasteiger partial charge in [0.15, 0.2) is 0 Å². The predicted molar refractivity (Wildman–Crippen MR) is 84.0 cm³/mol. The molecular weight excluding hydrogens is 294 g/mol. The highest BCUT2D eigenvalue weighted by atomic mass is 32.2. The summed E-state index contributed by atoms with van der Waals surface area (Å²) >= 11 is 4.89. The van der Waals surface area contributed by atoms with Crippen LogP contribution in [0.2, 0.25) is 0 Å². The van der Waals surface area contributed by atoms with Gasteiger partial charge in [0, 0.05) is 18.8 Å². The molecule has 0 fully saturated rings. The SMILES string of the molecule is CC(C)CN(C(C)C)S(=O)(=O)c1cccnc1C(N)=S. The number of hydrogen-bond donors (Lipinski definition) is 1. The molecule has 0 amide bonds. The number of sulfonamides is 1. The summed E-state index contributed by atoms with van der Waals surface area (Å²) in [4.78, 5) is 4.05. The van der Waals surface area contributed by atoms with E-state index < -0.39 is 10.0 Å². The quantitative estimate of drug-likeness (QED) is 0.810. The highest BCUT2D eigenvalue weighted by molar-refractivity contribution is 7.89. The molecule has 0 bridgehead atoms. The Morgan fingerprint density at radius 1 is 1.40 bits per heavy atom. The van der Waals surface area contributed by atoms with Gasteiger partial charge in [-0.25, -0.2) is 8.42 Å². The van der Waals surface area contributed by atoms with Crippen LogP contribution in [0.25, 0.3) is 0 Å². The first kappa shape index (κ1) is 17.0. The number of thiocarbonyl (C=S) groups is 1. The van der Waals surface area contributed by atoms with Gasteiger partial charge < -0.3 is 5.73 Å². The lowest BCUT2D eigenvalue weighted by Crippen LogP contribution is -2.40. The van der Waals surface area contributed by atoms with Crippen molar-refractivity contribution in [3.63, 3.8) is 0 Å². The Morgan fingerprint density at radius 3 is 2.45 bits per heavy atom. The average molecular weight is 315 g/mol. The van der Waals surface area contributed by atoms with Gasteiger partial charge in [-0.05, 0) is 31.9 Å². The molecule has 0 aliphatic carbocycles. The van der Waals surface area contributed by atoms with Crippen LogP contribution < -0.4 is 5.73 Å². The third kappa shape index (κ3) is 3.74. The molecule has 0 saturated carbocycles. The first-order valence-electron chi connectivity index (χ1n) is 6.44. The fourth-order valence-electron chi connectivity index (χ4n) is 1.86. The highest BCUT2D eigenvalue weighted by Crippen LogP contribution is 2.22. The molecule has 7 heteroatoms. The topological polar surface area (TPSA) is 76.3 Å². The van der Waals surface area contributed by atoms with Gasteiger partial charge in [0.1, 0.15) is 15.6 Å². The molecule has 1 aromatic heterocycles. The van der Waals surface area contributed by atoms with Gasteiger partial charge >= 0.3 is 0 Å². The van der Waals surface area contributed by atoms with E-state index in [9.17, 15) is 8.42 Å². The minimum atomic E-state index is -3.67. The normalized spacial score (nSPS) is 12.3. The molecule has 1 heterocycles. The van der Waals surface area contributed by atoms with Crippen molar-refractivity contribution in [1.29, 1.82) is 0 Å². The van der Waals surface area contributed by atoms with Crippen LogP contribution in [0.15, 0.2) is 23.2 Å². The van der Waals surface area contributed by atoms with E-state index in [4.69, 9.17) is 18.0 Å². The van der Waals surface area contributed by atoms with E-state index in [2.05, 4.69) is 4.98 Å². The lowest BCUT2D eigenvalue weighted by molar-refractivity contribution is 0.319. The molecule has 0 radical (unpaired) electrons. The van der Waals surface area contributed by atoms with E-state index in [1.54, 1.807) is 6.07 Å². The second kappa shape index (κ2) is 6.60. The van der Waals surface area contributed by atoms with E-state index in [0.717, 1.165) is 0 Å². The molecular formula is C13H21N3O2S2. The molecule has 0 saturated heterocycles. The zero-order chi connectivity index (χ0) is 15.5. The Bertz CT molecular complexity index is 583. The fourth-order valence-corrected chi connectivity index (χ4v) is 4.04. The Morgan fingerprint density at radius 2 is 2.00 bits per heavy atom. The van der Waals surface area contributed by atoms with Crippen LogP contribution in [0.5, 0.6) is 0 Å². The molecule has 5 nitrogen and oxygen atoms in total. The summed E-state index contributed by atoms with van der Waals surface area (Å²) in [5.74, 6) is 0.220. The second-order valence-corrected chi connectivity index (χ2v) is 7.58. The van der Waals surface area contributed by atoms with Gasteiger partial charge in [-0.1, -0.05) is 26.1 Å². The van der Waals surface area contributed by atoms with Gasteiger partial charge in [-0.2, -0.15) is 4.31 Å². The number of hydrogen-bond acceptors (Lipinski definition) is 4. The van der Waals surface area contributed by atoms with Crippen LogP contribution in [0.1, 0.15) is 33.4 Å². The first-order valence-corrected chi connectivity index (χ1v) is 8.29. The van der Waals surface area contributed by atoms with Crippen LogP contribution in [0.4, 0.5) is 0 Å². The van der Waals surface area contributed by atoms with Crippen LogP contribution in [0.3, 0.4) is 0 Å². The lowest BCUT2D eigenvalue weighted by Gasteiger charge is -2.28. The number of pyridine rings is 1. The summed E-state index contributed by atoms with van der Waals surface area (Å²) < 4.78 is 27.1.